The van der Waals surface area contributed by atoms with Crippen molar-refractivity contribution in [3.63, 3.8) is 0 Å². The highest BCUT2D eigenvalue weighted by atomic mass is 32.2. The van der Waals surface area contributed by atoms with Crippen LogP contribution in [0, 0.1) is 0 Å². The fourth-order valence-corrected chi connectivity index (χ4v) is 3.02. The number of thioether (sulfide) groups is 1. The number of nitrogens with zero attached hydrogens (tertiary/aromatic N) is 2. The summed E-state index contributed by atoms with van der Waals surface area (Å²) in [6.07, 6.45) is 5.08. The lowest BCUT2D eigenvalue weighted by Gasteiger charge is -2.13. The summed E-state index contributed by atoms with van der Waals surface area (Å²) >= 11 is 1.98. The van der Waals surface area contributed by atoms with E-state index in [1.807, 2.05) is 24.3 Å². The number of imidazole rings is 1. The number of nitrogens with one attached hydrogen (secondary N) is 1. The molecule has 3 nitrogen and oxygen atoms in total. The minimum atomic E-state index is 0.444. The molecule has 0 amide bonds. The third kappa shape index (κ3) is 1.96. The molecule has 1 aliphatic heterocycles. The third-order valence-electron chi connectivity index (χ3n) is 2.43. The van der Waals surface area contributed by atoms with Crippen molar-refractivity contribution in [2.24, 2.45) is 0 Å². The zero-order valence-electron chi connectivity index (χ0n) is 8.73. The van der Waals surface area contributed by atoms with Gasteiger partial charge < -0.3 is 4.57 Å². The molecule has 1 aromatic heterocycles. The molecule has 2 unspecified atom stereocenters. The number of hydrogen-bond acceptors (Lipinski definition) is 3. The van der Waals surface area contributed by atoms with E-state index in [0.29, 0.717) is 11.4 Å². The van der Waals surface area contributed by atoms with Crippen LogP contribution in [0.15, 0.2) is 12.5 Å². The Bertz CT molecular complexity index is 297. The van der Waals surface area contributed by atoms with Crippen LogP contribution in [0.4, 0.5) is 0 Å². The van der Waals surface area contributed by atoms with E-state index in [0.717, 1.165) is 13.0 Å². The molecule has 1 N–H and O–H groups in total. The Hall–Kier alpha value is -0.480. The lowest BCUT2D eigenvalue weighted by atomic mass is 10.3. The maximum Gasteiger partial charge on any atom is 0.0960 e. The van der Waals surface area contributed by atoms with Crippen molar-refractivity contribution in [3.8, 4) is 0 Å². The first-order valence-corrected chi connectivity index (χ1v) is 6.23. The maximum atomic E-state index is 4.22. The third-order valence-corrected chi connectivity index (χ3v) is 3.83. The minimum absolute atomic E-state index is 0.444. The molecule has 1 fully saturated rings. The zero-order valence-corrected chi connectivity index (χ0v) is 9.55. The average Bonchev–Trinajstić information content (AvgIpc) is 2.74. The van der Waals surface area contributed by atoms with Gasteiger partial charge in [0, 0.05) is 18.3 Å². The second-order valence-electron chi connectivity index (χ2n) is 3.79. The van der Waals surface area contributed by atoms with Crippen LogP contribution < -0.4 is 5.32 Å². The quantitative estimate of drug-likeness (QED) is 0.829. The van der Waals surface area contributed by atoms with E-state index in [4.69, 9.17) is 0 Å². The molecule has 0 bridgehead atoms. The minimum Gasteiger partial charge on any atom is -0.332 e. The second kappa shape index (κ2) is 4.36. The summed E-state index contributed by atoms with van der Waals surface area (Å²) in [6.45, 7) is 5.50. The fourth-order valence-electron chi connectivity index (χ4n) is 1.74. The monoisotopic (exact) mass is 211 g/mol. The van der Waals surface area contributed by atoms with E-state index in [1.54, 1.807) is 0 Å². The molecule has 0 aliphatic carbocycles. The first-order valence-electron chi connectivity index (χ1n) is 5.19. The normalized spacial score (nSPS) is 27.0. The van der Waals surface area contributed by atoms with E-state index in [1.165, 1.54) is 11.4 Å². The molecule has 0 spiro atoms. The van der Waals surface area contributed by atoms with Gasteiger partial charge in [-0.1, -0.05) is 6.92 Å². The van der Waals surface area contributed by atoms with Crippen LogP contribution in [0.1, 0.15) is 31.3 Å². The highest BCUT2D eigenvalue weighted by Gasteiger charge is 2.24. The van der Waals surface area contributed by atoms with Crippen molar-refractivity contribution in [2.75, 3.05) is 5.75 Å². The molecule has 1 aliphatic rings. The summed E-state index contributed by atoms with van der Waals surface area (Å²) < 4.78 is 2.25. The summed E-state index contributed by atoms with van der Waals surface area (Å²) in [6, 6.07) is 0.620. The Morgan fingerprint density at radius 3 is 3.21 bits per heavy atom. The van der Waals surface area contributed by atoms with Gasteiger partial charge in [0.25, 0.3) is 0 Å². The molecule has 78 valence electrons. The Morgan fingerprint density at radius 1 is 1.71 bits per heavy atom. The van der Waals surface area contributed by atoms with Crippen molar-refractivity contribution in [3.05, 3.63) is 18.2 Å². The van der Waals surface area contributed by atoms with Gasteiger partial charge in [-0.15, -0.1) is 11.8 Å². The lowest BCUT2D eigenvalue weighted by Crippen LogP contribution is -2.23. The van der Waals surface area contributed by atoms with E-state index >= 15 is 0 Å². The van der Waals surface area contributed by atoms with Crippen LogP contribution in [0.5, 0.6) is 0 Å². The first-order chi connectivity index (χ1) is 6.81. The molecule has 14 heavy (non-hydrogen) atoms. The zero-order chi connectivity index (χ0) is 9.97. The Balaban J connectivity index is 2.11. The van der Waals surface area contributed by atoms with Gasteiger partial charge in [0.2, 0.25) is 0 Å². The summed E-state index contributed by atoms with van der Waals surface area (Å²) in [5.41, 5.74) is 1.32. The predicted octanol–water partition coefficient (Wildman–Crippen LogP) is 2.02. The van der Waals surface area contributed by atoms with Gasteiger partial charge in [-0.25, -0.2) is 4.98 Å². The van der Waals surface area contributed by atoms with E-state index < -0.39 is 0 Å². The second-order valence-corrected chi connectivity index (χ2v) is 4.93. The molecule has 0 aromatic carbocycles. The number of rotatable bonds is 3. The molecule has 0 radical (unpaired) electrons. The SMILES string of the molecule is CCCn1cncc1C1NC(C)CS1. The predicted molar refractivity (Wildman–Crippen MR) is 60.3 cm³/mol. The van der Waals surface area contributed by atoms with Gasteiger partial charge in [0.15, 0.2) is 0 Å². The molecule has 1 saturated heterocycles. The van der Waals surface area contributed by atoms with Crippen molar-refractivity contribution in [1.29, 1.82) is 0 Å². The van der Waals surface area contributed by atoms with Gasteiger partial charge in [-0.05, 0) is 13.3 Å². The van der Waals surface area contributed by atoms with E-state index in [2.05, 4.69) is 28.7 Å². The van der Waals surface area contributed by atoms with E-state index in [-0.39, 0.29) is 0 Å². The number of hydrogen-bond donors (Lipinski definition) is 1. The van der Waals surface area contributed by atoms with Crippen LogP contribution in [-0.4, -0.2) is 21.3 Å². The standard InChI is InChI=1S/C10H17N3S/c1-3-4-13-7-11-5-9(13)10-12-8(2)6-14-10/h5,7-8,10,12H,3-4,6H2,1-2H3. The highest BCUT2D eigenvalue weighted by molar-refractivity contribution is 7.99. The smallest absolute Gasteiger partial charge is 0.0960 e. The number of aromatic nitrogens is 2. The molecule has 2 atom stereocenters. The molecule has 4 heteroatoms. The van der Waals surface area contributed by atoms with Gasteiger partial charge in [-0.3, -0.25) is 5.32 Å². The van der Waals surface area contributed by atoms with Crippen LogP contribution in [0.2, 0.25) is 0 Å². The van der Waals surface area contributed by atoms with Crippen molar-refractivity contribution >= 4 is 11.8 Å². The molecular formula is C10H17N3S. The van der Waals surface area contributed by atoms with Crippen molar-refractivity contribution in [1.82, 2.24) is 14.9 Å². The number of aryl methyl sites for hydroxylation is 1. The van der Waals surface area contributed by atoms with Crippen molar-refractivity contribution < 1.29 is 0 Å². The Labute approximate surface area is 89.3 Å². The molecular weight excluding hydrogens is 194 g/mol. The summed E-state index contributed by atoms with van der Waals surface area (Å²) in [5.74, 6) is 1.20. The molecule has 0 saturated carbocycles. The van der Waals surface area contributed by atoms with Crippen LogP contribution >= 0.6 is 11.8 Å². The topological polar surface area (TPSA) is 29.9 Å². The summed E-state index contributed by atoms with van der Waals surface area (Å²) in [7, 11) is 0. The lowest BCUT2D eigenvalue weighted by molar-refractivity contribution is 0.570. The molecule has 2 rings (SSSR count). The van der Waals surface area contributed by atoms with Crippen molar-refractivity contribution in [2.45, 2.75) is 38.2 Å². The fraction of sp³-hybridized carbons (Fsp3) is 0.700. The molecule has 2 heterocycles. The Kier molecular flexibility index (Phi) is 3.13. The van der Waals surface area contributed by atoms with Crippen LogP contribution in [-0.2, 0) is 6.54 Å². The first kappa shape index (κ1) is 10.1. The van der Waals surface area contributed by atoms with Gasteiger partial charge in [-0.2, -0.15) is 0 Å². The van der Waals surface area contributed by atoms with Gasteiger partial charge >= 0.3 is 0 Å². The highest BCUT2D eigenvalue weighted by Crippen LogP contribution is 2.32. The van der Waals surface area contributed by atoms with Crippen LogP contribution in [0.3, 0.4) is 0 Å². The maximum absolute atomic E-state index is 4.22. The van der Waals surface area contributed by atoms with Crippen LogP contribution in [0.25, 0.3) is 0 Å². The van der Waals surface area contributed by atoms with Gasteiger partial charge in [0.05, 0.1) is 23.6 Å². The summed E-state index contributed by atoms with van der Waals surface area (Å²) in [5, 5.41) is 4.00. The largest absolute Gasteiger partial charge is 0.332 e. The van der Waals surface area contributed by atoms with Gasteiger partial charge in [0.1, 0.15) is 0 Å². The average molecular weight is 211 g/mol. The van der Waals surface area contributed by atoms with E-state index in [9.17, 15) is 0 Å². The Morgan fingerprint density at radius 2 is 2.57 bits per heavy atom. The summed E-state index contributed by atoms with van der Waals surface area (Å²) in [4.78, 5) is 4.22. The molecule has 1 aromatic rings.